The number of carbonyl (C=O) groups is 3. The second-order valence-electron chi connectivity index (χ2n) is 3.02. The van der Waals surface area contributed by atoms with Crippen LogP contribution in [0.2, 0.25) is 0 Å². The van der Waals surface area contributed by atoms with E-state index in [1.165, 1.54) is 0 Å². The van der Waals surface area contributed by atoms with Crippen LogP contribution in [0, 0.1) is 0 Å². The summed E-state index contributed by atoms with van der Waals surface area (Å²) in [4.78, 5) is 32.8. The Bertz CT molecular complexity index is 252. The predicted octanol–water partition coefficient (Wildman–Crippen LogP) is -1.48. The normalized spacial score (nSPS) is 9.56. The molecule has 0 saturated carbocycles. The van der Waals surface area contributed by atoms with E-state index in [4.69, 9.17) is 15.9 Å². The Morgan fingerprint density at radius 3 is 2.00 bits per heavy atom. The van der Waals surface area contributed by atoms with Crippen LogP contribution in [0.25, 0.3) is 0 Å². The van der Waals surface area contributed by atoms with E-state index >= 15 is 0 Å². The van der Waals surface area contributed by atoms with Crippen LogP contribution < -0.4 is 11.1 Å². The minimum Gasteiger partial charge on any atom is -0.480 e. The molecule has 0 aromatic carbocycles. The Morgan fingerprint density at radius 1 is 1.12 bits per heavy atom. The first-order valence-electron chi connectivity index (χ1n) is 4.63. The lowest BCUT2D eigenvalue weighted by molar-refractivity contribution is -0.140. The average molecular weight is 233 g/mol. The number of aliphatic carboxylic acids is 2. The molecule has 0 fully saturated rings. The molecule has 0 aliphatic carbocycles. The van der Waals surface area contributed by atoms with E-state index in [-0.39, 0.29) is 6.54 Å². The second kappa shape index (κ2) is 7.46. The molecule has 0 rings (SSSR count). The van der Waals surface area contributed by atoms with Crippen molar-refractivity contribution >= 4 is 18.0 Å². The first-order valence-corrected chi connectivity index (χ1v) is 4.63. The predicted molar refractivity (Wildman–Crippen MR) is 53.9 cm³/mol. The number of urea groups is 1. The minimum atomic E-state index is -1.27. The molecule has 2 amide bonds. The fourth-order valence-electron chi connectivity index (χ4n) is 0.935. The van der Waals surface area contributed by atoms with Gasteiger partial charge < -0.3 is 26.2 Å². The summed E-state index contributed by atoms with van der Waals surface area (Å²) in [5.74, 6) is -2.54. The summed E-state index contributed by atoms with van der Waals surface area (Å²) in [7, 11) is 0. The zero-order valence-corrected chi connectivity index (χ0v) is 8.68. The molecule has 0 bridgehead atoms. The third-order valence-electron chi connectivity index (χ3n) is 1.60. The van der Waals surface area contributed by atoms with Crippen LogP contribution in [-0.2, 0) is 9.59 Å². The van der Waals surface area contributed by atoms with Gasteiger partial charge in [-0.15, -0.1) is 0 Å². The average Bonchev–Trinajstić information content (AvgIpc) is 2.15. The standard InChI is InChI=1S/C8H15N3O5/c9-2-1-3-10-8(16)11(4-6(12)13)5-7(14)15/h1-5,9H2,(H,10,16)(H,12,13)(H,14,15). The van der Waals surface area contributed by atoms with E-state index in [1.54, 1.807) is 0 Å². The van der Waals surface area contributed by atoms with Crippen LogP contribution >= 0.6 is 0 Å². The third kappa shape index (κ3) is 6.60. The number of nitrogens with zero attached hydrogens (tertiary/aromatic N) is 1. The number of nitrogens with one attached hydrogen (secondary N) is 1. The highest BCUT2D eigenvalue weighted by Gasteiger charge is 2.18. The fourth-order valence-corrected chi connectivity index (χ4v) is 0.935. The SMILES string of the molecule is NCCCNC(=O)N(CC(=O)O)CC(=O)O. The Labute approximate surface area is 92.0 Å². The van der Waals surface area contributed by atoms with Crippen molar-refractivity contribution < 1.29 is 24.6 Å². The highest BCUT2D eigenvalue weighted by molar-refractivity contribution is 5.84. The largest absolute Gasteiger partial charge is 0.480 e. The van der Waals surface area contributed by atoms with Gasteiger partial charge in [0.2, 0.25) is 0 Å². The monoisotopic (exact) mass is 233 g/mol. The number of hydrogen-bond acceptors (Lipinski definition) is 4. The first kappa shape index (κ1) is 14.2. The number of amides is 2. The van der Waals surface area contributed by atoms with E-state index in [1.807, 2.05) is 0 Å². The highest BCUT2D eigenvalue weighted by atomic mass is 16.4. The van der Waals surface area contributed by atoms with E-state index < -0.39 is 31.1 Å². The van der Waals surface area contributed by atoms with Crippen LogP contribution in [0.4, 0.5) is 4.79 Å². The molecule has 0 aliphatic rings. The maximum Gasteiger partial charge on any atom is 0.323 e. The van der Waals surface area contributed by atoms with Gasteiger partial charge in [-0.2, -0.15) is 0 Å². The summed E-state index contributed by atoms with van der Waals surface area (Å²) in [5, 5.41) is 19.3. The second-order valence-corrected chi connectivity index (χ2v) is 3.02. The molecule has 0 atom stereocenters. The molecule has 16 heavy (non-hydrogen) atoms. The minimum absolute atomic E-state index is 0.283. The molecule has 92 valence electrons. The van der Waals surface area contributed by atoms with Gasteiger partial charge in [0.05, 0.1) is 0 Å². The topological polar surface area (TPSA) is 133 Å². The van der Waals surface area contributed by atoms with Crippen molar-refractivity contribution in [2.45, 2.75) is 6.42 Å². The third-order valence-corrected chi connectivity index (χ3v) is 1.60. The number of nitrogens with two attached hydrogens (primary N) is 1. The van der Waals surface area contributed by atoms with Crippen molar-refractivity contribution in [3.05, 3.63) is 0 Å². The van der Waals surface area contributed by atoms with Gasteiger partial charge in [0.15, 0.2) is 0 Å². The van der Waals surface area contributed by atoms with Gasteiger partial charge in [0, 0.05) is 6.54 Å². The lowest BCUT2D eigenvalue weighted by Gasteiger charge is -2.18. The molecular weight excluding hydrogens is 218 g/mol. The van der Waals surface area contributed by atoms with Crippen molar-refractivity contribution in [3.8, 4) is 0 Å². The molecule has 0 saturated heterocycles. The van der Waals surface area contributed by atoms with Crippen LogP contribution in [0.3, 0.4) is 0 Å². The molecule has 0 radical (unpaired) electrons. The molecule has 0 aromatic heterocycles. The van der Waals surface area contributed by atoms with Crippen molar-refractivity contribution in [3.63, 3.8) is 0 Å². The smallest absolute Gasteiger partial charge is 0.323 e. The summed E-state index contributed by atoms with van der Waals surface area (Å²) in [6.45, 7) is -0.634. The van der Waals surface area contributed by atoms with Crippen LogP contribution in [-0.4, -0.2) is 59.3 Å². The summed E-state index contributed by atoms with van der Waals surface area (Å²) in [6, 6.07) is -0.724. The lowest BCUT2D eigenvalue weighted by atomic mass is 10.4. The first-order chi connectivity index (χ1) is 7.47. The Morgan fingerprint density at radius 2 is 1.62 bits per heavy atom. The molecule has 8 nitrogen and oxygen atoms in total. The Balaban J connectivity index is 4.20. The molecule has 0 spiro atoms. The van der Waals surface area contributed by atoms with Gasteiger partial charge in [0.1, 0.15) is 13.1 Å². The number of carboxylic acids is 2. The number of carbonyl (C=O) groups excluding carboxylic acids is 1. The summed E-state index contributed by atoms with van der Waals surface area (Å²) >= 11 is 0. The molecular formula is C8H15N3O5. The number of hydrogen-bond donors (Lipinski definition) is 4. The summed E-state index contributed by atoms with van der Waals surface area (Å²) < 4.78 is 0. The van der Waals surface area contributed by atoms with Crippen molar-refractivity contribution in [1.29, 1.82) is 0 Å². The summed E-state index contributed by atoms with van der Waals surface area (Å²) in [5.41, 5.74) is 5.20. The zero-order chi connectivity index (χ0) is 12.6. The van der Waals surface area contributed by atoms with E-state index in [0.29, 0.717) is 17.9 Å². The molecule has 8 heteroatoms. The van der Waals surface area contributed by atoms with Gasteiger partial charge in [-0.25, -0.2) is 4.79 Å². The maximum absolute atomic E-state index is 11.3. The van der Waals surface area contributed by atoms with Gasteiger partial charge in [0.25, 0.3) is 0 Å². The van der Waals surface area contributed by atoms with Crippen molar-refractivity contribution in [2.75, 3.05) is 26.2 Å². The molecule has 0 aromatic rings. The van der Waals surface area contributed by atoms with Crippen LogP contribution in [0.15, 0.2) is 0 Å². The molecule has 0 aliphatic heterocycles. The quantitative estimate of drug-likeness (QED) is 0.396. The number of rotatable bonds is 7. The lowest BCUT2D eigenvalue weighted by Crippen LogP contribution is -2.45. The highest BCUT2D eigenvalue weighted by Crippen LogP contribution is 1.90. The number of carboxylic acid groups (broad SMARTS) is 2. The zero-order valence-electron chi connectivity index (χ0n) is 8.68. The van der Waals surface area contributed by atoms with Crippen molar-refractivity contribution in [2.24, 2.45) is 5.73 Å². The molecule has 5 N–H and O–H groups in total. The van der Waals surface area contributed by atoms with E-state index in [9.17, 15) is 14.4 Å². The molecule has 0 heterocycles. The van der Waals surface area contributed by atoms with Crippen molar-refractivity contribution in [1.82, 2.24) is 10.2 Å². The van der Waals surface area contributed by atoms with Gasteiger partial charge >= 0.3 is 18.0 Å². The van der Waals surface area contributed by atoms with Gasteiger partial charge in [-0.3, -0.25) is 9.59 Å². The Hall–Kier alpha value is -1.83. The Kier molecular flexibility index (Phi) is 6.61. The van der Waals surface area contributed by atoms with E-state index in [0.717, 1.165) is 0 Å². The van der Waals surface area contributed by atoms with Gasteiger partial charge in [-0.1, -0.05) is 0 Å². The van der Waals surface area contributed by atoms with Gasteiger partial charge in [-0.05, 0) is 13.0 Å². The maximum atomic E-state index is 11.3. The molecule has 0 unspecified atom stereocenters. The summed E-state index contributed by atoms with van der Waals surface area (Å²) in [6.07, 6.45) is 0.541. The fraction of sp³-hybridized carbons (Fsp3) is 0.625. The van der Waals surface area contributed by atoms with E-state index in [2.05, 4.69) is 5.32 Å². The van der Waals surface area contributed by atoms with Crippen LogP contribution in [0.5, 0.6) is 0 Å². The van der Waals surface area contributed by atoms with Crippen LogP contribution in [0.1, 0.15) is 6.42 Å².